The molecule has 9 rings (SSSR count). The molecule has 0 radical (unpaired) electrons. The minimum Gasteiger partial charge on any atom is -0.331 e. The fourth-order valence-electron chi connectivity index (χ4n) is 7.28. The number of imidazole rings is 2. The zero-order valence-electron chi connectivity index (χ0n) is 26.3. The second kappa shape index (κ2) is 9.88. The summed E-state index contributed by atoms with van der Waals surface area (Å²) in [5, 5.41) is 7.46. The lowest BCUT2D eigenvalue weighted by molar-refractivity contribution is 0.886. The molecule has 0 saturated heterocycles. The Hall–Kier alpha value is -5.74. The van der Waals surface area contributed by atoms with Crippen LogP contribution in [0.3, 0.4) is 0 Å². The SMILES string of the molecule is Cc1nc2ccc(-c3cccc4c(-c5ccc6ccccc6c5)c5cccc(-c6ccc7nc(C)n(C)c7c6)c5cc34)cc2n1C. The van der Waals surface area contributed by atoms with Crippen LogP contribution in [0.15, 0.2) is 121 Å². The molecule has 0 spiro atoms. The number of benzene rings is 7. The van der Waals surface area contributed by atoms with Gasteiger partial charge in [0.1, 0.15) is 11.6 Å². The Balaban J connectivity index is 1.39. The van der Waals surface area contributed by atoms with Gasteiger partial charge in [0, 0.05) is 14.1 Å². The summed E-state index contributed by atoms with van der Waals surface area (Å²) >= 11 is 0. The first-order valence-electron chi connectivity index (χ1n) is 15.8. The highest BCUT2D eigenvalue weighted by Crippen LogP contribution is 2.44. The first kappa shape index (κ1) is 26.6. The fraction of sp³-hybridized carbons (Fsp3) is 0.0952. The van der Waals surface area contributed by atoms with Gasteiger partial charge in [-0.15, -0.1) is 0 Å². The minimum absolute atomic E-state index is 1.01. The molecule has 0 saturated carbocycles. The Morgan fingerprint density at radius 3 is 1.52 bits per heavy atom. The van der Waals surface area contributed by atoms with Crippen molar-refractivity contribution in [2.75, 3.05) is 0 Å². The lowest BCUT2D eigenvalue weighted by atomic mass is 9.86. The van der Waals surface area contributed by atoms with Gasteiger partial charge in [0.25, 0.3) is 0 Å². The Bertz CT molecular complexity index is 2540. The van der Waals surface area contributed by atoms with Crippen LogP contribution in [-0.2, 0) is 14.1 Å². The van der Waals surface area contributed by atoms with Crippen molar-refractivity contribution in [3.63, 3.8) is 0 Å². The van der Waals surface area contributed by atoms with Gasteiger partial charge in [-0.05, 0) is 116 Å². The zero-order valence-corrected chi connectivity index (χ0v) is 26.3. The standard InChI is InChI=1S/C42H32N4/c1-25-43-38-19-17-29(22-40(38)45(25)3)32-11-7-13-34-36(32)24-37-33(30-18-20-39-41(23-30)46(4)26(2)44-39)12-8-14-35(37)42(34)31-16-15-27-9-5-6-10-28(27)21-31/h5-24H,1-4H3. The second-order valence-corrected chi connectivity index (χ2v) is 12.5. The summed E-state index contributed by atoms with van der Waals surface area (Å²) in [6.45, 7) is 4.12. The van der Waals surface area contributed by atoms with Gasteiger partial charge in [-0.3, -0.25) is 0 Å². The highest BCUT2D eigenvalue weighted by atomic mass is 15.1. The van der Waals surface area contributed by atoms with Crippen LogP contribution >= 0.6 is 0 Å². The second-order valence-electron chi connectivity index (χ2n) is 12.5. The molecule has 0 aliphatic carbocycles. The number of aromatic nitrogens is 4. The van der Waals surface area contributed by atoms with Gasteiger partial charge in [0.15, 0.2) is 0 Å². The van der Waals surface area contributed by atoms with Crippen molar-refractivity contribution in [2.24, 2.45) is 14.1 Å². The number of nitrogens with zero attached hydrogens (tertiary/aromatic N) is 4. The van der Waals surface area contributed by atoms with Gasteiger partial charge >= 0.3 is 0 Å². The highest BCUT2D eigenvalue weighted by molar-refractivity contribution is 6.19. The van der Waals surface area contributed by atoms with Crippen LogP contribution in [0.2, 0.25) is 0 Å². The van der Waals surface area contributed by atoms with Gasteiger partial charge in [-0.2, -0.15) is 0 Å². The number of hydrogen-bond acceptors (Lipinski definition) is 2. The Labute approximate surface area is 267 Å². The van der Waals surface area contributed by atoms with Gasteiger partial charge in [-0.1, -0.05) is 84.9 Å². The van der Waals surface area contributed by atoms with Crippen LogP contribution in [0.25, 0.3) is 87.8 Å². The molecule has 0 fully saturated rings. The van der Waals surface area contributed by atoms with Crippen molar-refractivity contribution in [3.8, 4) is 33.4 Å². The molecular formula is C42H32N4. The molecule has 7 aromatic carbocycles. The monoisotopic (exact) mass is 592 g/mol. The van der Waals surface area contributed by atoms with E-state index in [1.54, 1.807) is 0 Å². The van der Waals surface area contributed by atoms with E-state index in [9.17, 15) is 0 Å². The molecule has 4 heteroatoms. The Morgan fingerprint density at radius 1 is 0.435 bits per heavy atom. The van der Waals surface area contributed by atoms with E-state index >= 15 is 0 Å². The summed E-state index contributed by atoms with van der Waals surface area (Å²) < 4.78 is 4.35. The maximum absolute atomic E-state index is 4.76. The fourth-order valence-corrected chi connectivity index (χ4v) is 7.28. The van der Waals surface area contributed by atoms with Gasteiger partial charge in [0.2, 0.25) is 0 Å². The van der Waals surface area contributed by atoms with E-state index < -0.39 is 0 Å². The van der Waals surface area contributed by atoms with E-state index in [0.717, 1.165) is 33.7 Å². The molecular weight excluding hydrogens is 560 g/mol. The predicted molar refractivity (Wildman–Crippen MR) is 193 cm³/mol. The van der Waals surface area contributed by atoms with Gasteiger partial charge in [-0.25, -0.2) is 9.97 Å². The average Bonchev–Trinajstić information content (AvgIpc) is 3.54. The average molecular weight is 593 g/mol. The molecule has 0 unspecified atom stereocenters. The van der Waals surface area contributed by atoms with E-state index in [1.807, 2.05) is 0 Å². The summed E-state index contributed by atoms with van der Waals surface area (Å²) in [6, 6.07) is 44.7. The Kier molecular flexibility index (Phi) is 5.72. The van der Waals surface area contributed by atoms with Crippen molar-refractivity contribution >= 4 is 54.4 Å². The van der Waals surface area contributed by atoms with E-state index in [2.05, 4.69) is 158 Å². The van der Waals surface area contributed by atoms with Gasteiger partial charge < -0.3 is 9.13 Å². The van der Waals surface area contributed by atoms with Crippen LogP contribution in [0.4, 0.5) is 0 Å². The predicted octanol–water partition coefficient (Wildman–Crippen LogP) is 10.5. The lowest BCUT2D eigenvalue weighted by Gasteiger charge is -2.18. The van der Waals surface area contributed by atoms with Crippen LogP contribution in [0.5, 0.6) is 0 Å². The van der Waals surface area contributed by atoms with Crippen molar-refractivity contribution in [1.82, 2.24) is 19.1 Å². The van der Waals surface area contributed by atoms with Crippen LogP contribution in [-0.4, -0.2) is 19.1 Å². The molecule has 0 aliphatic rings. The number of rotatable bonds is 3. The third kappa shape index (κ3) is 3.93. The van der Waals surface area contributed by atoms with Crippen molar-refractivity contribution < 1.29 is 0 Å². The summed E-state index contributed by atoms with van der Waals surface area (Å²) in [6.07, 6.45) is 0. The van der Waals surface area contributed by atoms with Crippen molar-refractivity contribution in [1.29, 1.82) is 0 Å². The summed E-state index contributed by atoms with van der Waals surface area (Å²) in [4.78, 5) is 9.52. The molecule has 0 aliphatic heterocycles. The molecule has 2 heterocycles. The summed E-state index contributed by atoms with van der Waals surface area (Å²) in [7, 11) is 4.19. The normalized spacial score (nSPS) is 11.9. The molecule has 4 nitrogen and oxygen atoms in total. The first-order chi connectivity index (χ1) is 22.4. The number of hydrogen-bond donors (Lipinski definition) is 0. The molecule has 220 valence electrons. The molecule has 0 N–H and O–H groups in total. The summed E-state index contributed by atoms with van der Waals surface area (Å²) in [5.41, 5.74) is 11.6. The molecule has 0 atom stereocenters. The maximum Gasteiger partial charge on any atom is 0.106 e. The largest absolute Gasteiger partial charge is 0.331 e. The quantitative estimate of drug-likeness (QED) is 0.191. The van der Waals surface area contributed by atoms with Crippen molar-refractivity contribution in [2.45, 2.75) is 13.8 Å². The number of aryl methyl sites for hydroxylation is 4. The molecule has 2 aromatic heterocycles. The maximum atomic E-state index is 4.76. The lowest BCUT2D eigenvalue weighted by Crippen LogP contribution is -1.92. The van der Waals surface area contributed by atoms with Gasteiger partial charge in [0.05, 0.1) is 22.1 Å². The van der Waals surface area contributed by atoms with Crippen LogP contribution in [0, 0.1) is 13.8 Å². The molecule has 0 amide bonds. The third-order valence-electron chi connectivity index (χ3n) is 9.91. The first-order valence-corrected chi connectivity index (χ1v) is 15.8. The third-order valence-corrected chi connectivity index (χ3v) is 9.91. The topological polar surface area (TPSA) is 35.6 Å². The van der Waals surface area contributed by atoms with E-state index in [0.29, 0.717) is 0 Å². The molecule has 9 aromatic rings. The Morgan fingerprint density at radius 2 is 0.957 bits per heavy atom. The number of fused-ring (bicyclic) bond motifs is 5. The molecule has 46 heavy (non-hydrogen) atoms. The highest BCUT2D eigenvalue weighted by Gasteiger charge is 2.18. The van der Waals surface area contributed by atoms with E-state index in [4.69, 9.17) is 9.97 Å². The molecule has 0 bridgehead atoms. The van der Waals surface area contributed by atoms with Crippen molar-refractivity contribution in [3.05, 3.63) is 133 Å². The van der Waals surface area contributed by atoms with E-state index in [1.165, 1.54) is 65.7 Å². The van der Waals surface area contributed by atoms with Crippen LogP contribution < -0.4 is 0 Å². The van der Waals surface area contributed by atoms with Crippen LogP contribution in [0.1, 0.15) is 11.6 Å². The van der Waals surface area contributed by atoms with E-state index in [-0.39, 0.29) is 0 Å². The summed E-state index contributed by atoms with van der Waals surface area (Å²) in [5.74, 6) is 2.03. The smallest absolute Gasteiger partial charge is 0.106 e. The minimum atomic E-state index is 1.01. The zero-order chi connectivity index (χ0) is 31.1.